The van der Waals surface area contributed by atoms with Gasteiger partial charge in [0, 0.05) is 6.92 Å². The highest BCUT2D eigenvalue weighted by Crippen LogP contribution is 1.79. The molecule has 0 aromatic carbocycles. The van der Waals surface area contributed by atoms with Gasteiger partial charge in [0.15, 0.2) is 11.6 Å². The number of nitrogens with zero attached hydrogens (tertiary/aromatic N) is 1. The average molecular weight is 113 g/mol. The second-order valence-corrected chi connectivity index (χ2v) is 1.52. The van der Waals surface area contributed by atoms with Crippen molar-refractivity contribution in [3.8, 4) is 0 Å². The van der Waals surface area contributed by atoms with Gasteiger partial charge >= 0.3 is 0 Å². The largest absolute Gasteiger partial charge is 0.301 e. The summed E-state index contributed by atoms with van der Waals surface area (Å²) in [5.74, 6) is 0.389. The Balaban J connectivity index is 2.57. The van der Waals surface area contributed by atoms with E-state index in [0.717, 1.165) is 0 Å². The van der Waals surface area contributed by atoms with Gasteiger partial charge in [0.05, 0.1) is 0 Å². The lowest BCUT2D eigenvalue weighted by atomic mass is 10.4. The molecule has 0 unspecified atom stereocenters. The summed E-state index contributed by atoms with van der Waals surface area (Å²) in [4.78, 5) is 14.2. The van der Waals surface area contributed by atoms with Crippen LogP contribution in [0.4, 0.5) is 0 Å². The highest BCUT2D eigenvalue weighted by molar-refractivity contribution is 6.38. The van der Waals surface area contributed by atoms with Crippen LogP contribution in [-0.2, 0) is 4.79 Å². The van der Waals surface area contributed by atoms with Crippen molar-refractivity contribution in [1.82, 2.24) is 10.9 Å². The van der Waals surface area contributed by atoms with Crippen LogP contribution >= 0.6 is 0 Å². The molecule has 0 aliphatic carbocycles. The summed E-state index contributed by atoms with van der Waals surface area (Å²) in [7, 11) is 0. The maximum absolute atomic E-state index is 10.4. The molecular formula is C4H7N3O. The fraction of sp³-hybridized carbons (Fsp3) is 0.500. The molecule has 0 saturated carbocycles. The molecule has 0 aromatic rings. The first kappa shape index (κ1) is 5.24. The predicted molar refractivity (Wildman–Crippen MR) is 29.3 cm³/mol. The molecule has 1 aliphatic rings. The standard InChI is InChI=1S/C4H7N3O/c1-3(8)4-5-2-6-7-4/h6H,2H2,1H3,(H,5,7). The third kappa shape index (κ3) is 0.840. The van der Waals surface area contributed by atoms with Gasteiger partial charge in [0.25, 0.3) is 0 Å². The van der Waals surface area contributed by atoms with Gasteiger partial charge in [-0.15, -0.1) is 0 Å². The number of nitrogens with one attached hydrogen (secondary N) is 2. The van der Waals surface area contributed by atoms with Crippen molar-refractivity contribution in [1.29, 1.82) is 0 Å². The third-order valence-corrected chi connectivity index (χ3v) is 0.856. The summed E-state index contributed by atoms with van der Waals surface area (Å²) in [5, 5.41) is 0. The van der Waals surface area contributed by atoms with E-state index in [2.05, 4.69) is 15.8 Å². The van der Waals surface area contributed by atoms with Crippen molar-refractivity contribution < 1.29 is 4.79 Å². The Morgan fingerprint density at radius 2 is 2.62 bits per heavy atom. The van der Waals surface area contributed by atoms with E-state index in [0.29, 0.717) is 12.5 Å². The normalized spacial score (nSPS) is 17.4. The van der Waals surface area contributed by atoms with Crippen LogP contribution in [0.2, 0.25) is 0 Å². The summed E-state index contributed by atoms with van der Waals surface area (Å²) >= 11 is 0. The lowest BCUT2D eigenvalue weighted by Crippen LogP contribution is -2.33. The number of hydrogen-bond acceptors (Lipinski definition) is 4. The zero-order valence-corrected chi connectivity index (χ0v) is 4.56. The highest BCUT2D eigenvalue weighted by Gasteiger charge is 2.07. The Labute approximate surface area is 47.0 Å². The van der Waals surface area contributed by atoms with E-state index in [1.165, 1.54) is 6.92 Å². The first-order valence-corrected chi connectivity index (χ1v) is 2.35. The Morgan fingerprint density at radius 1 is 1.88 bits per heavy atom. The van der Waals surface area contributed by atoms with Gasteiger partial charge in [0.2, 0.25) is 0 Å². The number of aliphatic imine (C=N–C) groups is 1. The lowest BCUT2D eigenvalue weighted by molar-refractivity contribution is -0.111. The second kappa shape index (κ2) is 1.92. The second-order valence-electron chi connectivity index (χ2n) is 1.52. The summed E-state index contributed by atoms with van der Waals surface area (Å²) in [6.45, 7) is 1.97. The summed E-state index contributed by atoms with van der Waals surface area (Å²) < 4.78 is 0. The smallest absolute Gasteiger partial charge is 0.195 e. The Morgan fingerprint density at radius 3 is 2.88 bits per heavy atom. The van der Waals surface area contributed by atoms with E-state index in [9.17, 15) is 4.79 Å². The molecule has 2 N–H and O–H groups in total. The zero-order valence-electron chi connectivity index (χ0n) is 4.56. The molecule has 44 valence electrons. The number of hydrazine groups is 1. The number of ketones is 1. The van der Waals surface area contributed by atoms with Gasteiger partial charge in [0.1, 0.15) is 6.67 Å². The molecular weight excluding hydrogens is 106 g/mol. The van der Waals surface area contributed by atoms with Crippen molar-refractivity contribution in [2.45, 2.75) is 6.92 Å². The van der Waals surface area contributed by atoms with Crippen molar-refractivity contribution >= 4 is 11.6 Å². The van der Waals surface area contributed by atoms with E-state index >= 15 is 0 Å². The molecule has 1 aliphatic heterocycles. The van der Waals surface area contributed by atoms with Gasteiger partial charge < -0.3 is 5.43 Å². The SMILES string of the molecule is CC(=O)C1=NCNN1. The number of hydrogen-bond donors (Lipinski definition) is 2. The quantitative estimate of drug-likeness (QED) is 0.460. The number of carbonyl (C=O) groups is 1. The minimum atomic E-state index is -0.0324. The first-order valence-electron chi connectivity index (χ1n) is 2.35. The van der Waals surface area contributed by atoms with Gasteiger partial charge in [-0.3, -0.25) is 4.79 Å². The molecule has 0 atom stereocenters. The molecule has 0 fully saturated rings. The number of amidine groups is 1. The molecule has 0 spiro atoms. The van der Waals surface area contributed by atoms with E-state index in [4.69, 9.17) is 0 Å². The Hall–Kier alpha value is -0.900. The first-order chi connectivity index (χ1) is 3.80. The van der Waals surface area contributed by atoms with Crippen LogP contribution in [-0.4, -0.2) is 18.3 Å². The fourth-order valence-electron chi connectivity index (χ4n) is 0.481. The minimum Gasteiger partial charge on any atom is -0.301 e. The van der Waals surface area contributed by atoms with Crippen molar-refractivity contribution in [3.05, 3.63) is 0 Å². The number of carbonyl (C=O) groups excluding carboxylic acids is 1. The van der Waals surface area contributed by atoms with Crippen molar-refractivity contribution in [2.24, 2.45) is 4.99 Å². The van der Waals surface area contributed by atoms with Crippen LogP contribution < -0.4 is 10.9 Å². The maximum Gasteiger partial charge on any atom is 0.195 e. The predicted octanol–water partition coefficient (Wildman–Crippen LogP) is -0.961. The van der Waals surface area contributed by atoms with Crippen LogP contribution in [0.5, 0.6) is 0 Å². The van der Waals surface area contributed by atoms with Gasteiger partial charge in [-0.05, 0) is 0 Å². The minimum absolute atomic E-state index is 0.0324. The average Bonchev–Trinajstić information content (AvgIpc) is 2.12. The van der Waals surface area contributed by atoms with E-state index in [-0.39, 0.29) is 5.78 Å². The van der Waals surface area contributed by atoms with Crippen LogP contribution in [0.25, 0.3) is 0 Å². The molecule has 0 bridgehead atoms. The van der Waals surface area contributed by atoms with Gasteiger partial charge in [-0.2, -0.15) is 0 Å². The monoisotopic (exact) mass is 113 g/mol. The van der Waals surface area contributed by atoms with Gasteiger partial charge in [-0.25, -0.2) is 10.4 Å². The molecule has 4 nitrogen and oxygen atoms in total. The van der Waals surface area contributed by atoms with Crippen LogP contribution in [0.3, 0.4) is 0 Å². The Bertz CT molecular complexity index is 140. The lowest BCUT2D eigenvalue weighted by Gasteiger charge is -1.92. The van der Waals surface area contributed by atoms with Crippen LogP contribution in [0.15, 0.2) is 4.99 Å². The fourth-order valence-corrected chi connectivity index (χ4v) is 0.481. The molecule has 1 rings (SSSR count). The maximum atomic E-state index is 10.4. The molecule has 0 amide bonds. The zero-order chi connectivity index (χ0) is 5.98. The van der Waals surface area contributed by atoms with Gasteiger partial charge in [-0.1, -0.05) is 0 Å². The van der Waals surface area contributed by atoms with E-state index in [1.54, 1.807) is 0 Å². The van der Waals surface area contributed by atoms with Crippen molar-refractivity contribution in [2.75, 3.05) is 6.67 Å². The molecule has 1 heterocycles. The highest BCUT2D eigenvalue weighted by atomic mass is 16.1. The summed E-state index contributed by atoms with van der Waals surface area (Å²) in [5.41, 5.74) is 5.29. The topological polar surface area (TPSA) is 53.5 Å². The molecule has 4 heteroatoms. The molecule has 8 heavy (non-hydrogen) atoms. The summed E-state index contributed by atoms with van der Waals surface area (Å²) in [6, 6.07) is 0. The number of Topliss-reactive ketones (excluding diaryl/α,β-unsaturated/α-hetero) is 1. The molecule has 0 aromatic heterocycles. The van der Waals surface area contributed by atoms with E-state index < -0.39 is 0 Å². The number of rotatable bonds is 1. The molecule has 0 saturated heterocycles. The molecule has 0 radical (unpaired) electrons. The Kier molecular flexibility index (Phi) is 1.26. The summed E-state index contributed by atoms with van der Waals surface area (Å²) in [6.07, 6.45) is 0. The third-order valence-electron chi connectivity index (χ3n) is 0.856. The van der Waals surface area contributed by atoms with Crippen molar-refractivity contribution in [3.63, 3.8) is 0 Å². The van der Waals surface area contributed by atoms with Crippen LogP contribution in [0.1, 0.15) is 6.92 Å². The van der Waals surface area contributed by atoms with E-state index in [1.807, 2.05) is 0 Å². The van der Waals surface area contributed by atoms with Crippen LogP contribution in [0, 0.1) is 0 Å².